The van der Waals surface area contributed by atoms with Gasteiger partial charge in [0, 0.05) is 31.2 Å². The molecule has 0 saturated heterocycles. The molecule has 0 aliphatic rings. The second-order valence-corrected chi connectivity index (χ2v) is 4.38. The number of halogens is 3. The Bertz CT molecular complexity index is 415. The first-order chi connectivity index (χ1) is 8.58. The van der Waals surface area contributed by atoms with Crippen molar-refractivity contribution in [1.82, 2.24) is 5.32 Å². The number of amides is 1. The summed E-state index contributed by atoms with van der Waals surface area (Å²) in [5, 5.41) is 3.18. The van der Waals surface area contributed by atoms with Crippen LogP contribution in [0.3, 0.4) is 0 Å². The van der Waals surface area contributed by atoms with Crippen LogP contribution in [0.5, 0.6) is 0 Å². The highest BCUT2D eigenvalue weighted by molar-refractivity contribution is 9.09. The molecule has 18 heavy (non-hydrogen) atoms. The third-order valence-electron chi connectivity index (χ3n) is 2.37. The molecule has 0 aliphatic heterocycles. The summed E-state index contributed by atoms with van der Waals surface area (Å²) in [6.07, 6.45) is 0.607. The lowest BCUT2D eigenvalue weighted by atomic mass is 10.1. The third-order valence-corrected chi connectivity index (χ3v) is 3.15. The molecule has 1 amide bonds. The maximum absolute atomic E-state index is 13.4. The number of hydrogen-bond donors (Lipinski definition) is 1. The van der Waals surface area contributed by atoms with Gasteiger partial charge >= 0.3 is 0 Å². The Morgan fingerprint density at radius 2 is 2.22 bits per heavy atom. The van der Waals surface area contributed by atoms with Crippen LogP contribution in [0.25, 0.3) is 0 Å². The Labute approximate surface area is 113 Å². The van der Waals surface area contributed by atoms with Crippen LogP contribution in [0.2, 0.25) is 0 Å². The molecule has 1 unspecified atom stereocenters. The number of carbonyl (C=O) groups is 1. The lowest BCUT2D eigenvalue weighted by molar-refractivity contribution is 0.0927. The van der Waals surface area contributed by atoms with Gasteiger partial charge in [-0.2, -0.15) is 0 Å². The monoisotopic (exact) mass is 321 g/mol. The summed E-state index contributed by atoms with van der Waals surface area (Å²) in [7, 11) is 1.56. The van der Waals surface area contributed by atoms with Crippen molar-refractivity contribution in [2.45, 2.75) is 12.5 Å². The molecule has 0 radical (unpaired) electrons. The van der Waals surface area contributed by atoms with E-state index in [1.54, 1.807) is 7.11 Å². The number of nitrogens with one attached hydrogen (secondary N) is 1. The van der Waals surface area contributed by atoms with E-state index in [4.69, 9.17) is 4.74 Å². The highest BCUT2D eigenvalue weighted by atomic mass is 79.9. The molecular weight excluding hydrogens is 308 g/mol. The van der Waals surface area contributed by atoms with Crippen molar-refractivity contribution in [3.8, 4) is 0 Å². The standard InChI is InChI=1S/C12H14BrF2NO2/c1-18-5-4-9(7-13)16-12(17)10-3-2-8(14)6-11(10)15/h2-3,6,9H,4-5,7H2,1H3,(H,16,17). The van der Waals surface area contributed by atoms with E-state index in [1.807, 2.05) is 0 Å². The van der Waals surface area contributed by atoms with E-state index in [2.05, 4.69) is 21.2 Å². The molecule has 0 heterocycles. The van der Waals surface area contributed by atoms with E-state index >= 15 is 0 Å². The van der Waals surface area contributed by atoms with Crippen LogP contribution in [0, 0.1) is 11.6 Å². The molecule has 0 fully saturated rings. The number of rotatable bonds is 6. The Kier molecular flexibility index (Phi) is 6.21. The lowest BCUT2D eigenvalue weighted by Crippen LogP contribution is -2.37. The Morgan fingerprint density at radius 1 is 1.50 bits per heavy atom. The van der Waals surface area contributed by atoms with Gasteiger partial charge in [-0.15, -0.1) is 0 Å². The van der Waals surface area contributed by atoms with Gasteiger partial charge in [-0.05, 0) is 18.6 Å². The molecule has 0 aromatic heterocycles. The molecule has 0 saturated carbocycles. The second-order valence-electron chi connectivity index (χ2n) is 3.73. The van der Waals surface area contributed by atoms with Gasteiger partial charge in [-0.3, -0.25) is 4.79 Å². The van der Waals surface area contributed by atoms with Crippen LogP contribution in [0.1, 0.15) is 16.8 Å². The summed E-state index contributed by atoms with van der Waals surface area (Å²) in [6, 6.07) is 2.70. The highest BCUT2D eigenvalue weighted by Gasteiger charge is 2.16. The molecule has 3 nitrogen and oxygen atoms in total. The van der Waals surface area contributed by atoms with Gasteiger partial charge in [-0.1, -0.05) is 15.9 Å². The molecule has 0 bridgehead atoms. The minimum atomic E-state index is -0.868. The normalized spacial score (nSPS) is 12.2. The highest BCUT2D eigenvalue weighted by Crippen LogP contribution is 2.10. The van der Waals surface area contributed by atoms with Crippen molar-refractivity contribution in [1.29, 1.82) is 0 Å². The molecule has 1 aromatic rings. The molecule has 0 aliphatic carbocycles. The molecule has 6 heteroatoms. The van der Waals surface area contributed by atoms with Crippen molar-refractivity contribution in [3.63, 3.8) is 0 Å². The SMILES string of the molecule is COCCC(CBr)NC(=O)c1ccc(F)cc1F. The van der Waals surface area contributed by atoms with Crippen LogP contribution in [-0.4, -0.2) is 31.0 Å². The zero-order valence-corrected chi connectivity index (χ0v) is 11.5. The molecule has 0 spiro atoms. The van der Waals surface area contributed by atoms with Crippen molar-refractivity contribution in [3.05, 3.63) is 35.4 Å². The number of carbonyl (C=O) groups excluding carboxylic acids is 1. The molecule has 100 valence electrons. The maximum Gasteiger partial charge on any atom is 0.254 e. The van der Waals surface area contributed by atoms with Crippen LogP contribution in [0.4, 0.5) is 8.78 Å². The van der Waals surface area contributed by atoms with E-state index in [1.165, 1.54) is 0 Å². The van der Waals surface area contributed by atoms with E-state index in [9.17, 15) is 13.6 Å². The molecule has 1 aromatic carbocycles. The van der Waals surface area contributed by atoms with Crippen molar-refractivity contribution >= 4 is 21.8 Å². The first-order valence-corrected chi connectivity index (χ1v) is 6.51. The zero-order chi connectivity index (χ0) is 13.5. The fourth-order valence-corrected chi connectivity index (χ4v) is 1.87. The maximum atomic E-state index is 13.4. The van der Waals surface area contributed by atoms with E-state index in [0.29, 0.717) is 24.4 Å². The molecule has 1 rings (SSSR count). The minimum absolute atomic E-state index is 0.165. The van der Waals surface area contributed by atoms with Crippen LogP contribution in [0.15, 0.2) is 18.2 Å². The van der Waals surface area contributed by atoms with Gasteiger partial charge in [-0.25, -0.2) is 8.78 Å². The van der Waals surface area contributed by atoms with Gasteiger partial charge in [0.25, 0.3) is 5.91 Å². The van der Waals surface area contributed by atoms with Crippen molar-refractivity contribution < 1.29 is 18.3 Å². The summed E-state index contributed by atoms with van der Waals surface area (Å²) in [5.41, 5.74) is -0.167. The number of benzene rings is 1. The average molecular weight is 322 g/mol. The first kappa shape index (κ1) is 15.0. The average Bonchev–Trinajstić information content (AvgIpc) is 2.34. The summed E-state index contributed by atoms with van der Waals surface area (Å²) >= 11 is 3.25. The predicted octanol–water partition coefficient (Wildman–Crippen LogP) is 2.49. The van der Waals surface area contributed by atoms with Crippen molar-refractivity contribution in [2.24, 2.45) is 0 Å². The van der Waals surface area contributed by atoms with Gasteiger partial charge in [0.15, 0.2) is 0 Å². The smallest absolute Gasteiger partial charge is 0.254 e. The summed E-state index contributed by atoms with van der Waals surface area (Å²) in [6.45, 7) is 0.489. The third kappa shape index (κ3) is 4.34. The van der Waals surface area contributed by atoms with E-state index < -0.39 is 17.5 Å². The Balaban J connectivity index is 2.68. The zero-order valence-electron chi connectivity index (χ0n) is 9.88. The first-order valence-electron chi connectivity index (χ1n) is 5.39. The molecule has 1 atom stereocenters. The fraction of sp³-hybridized carbons (Fsp3) is 0.417. The number of alkyl halides is 1. The van der Waals surface area contributed by atoms with Crippen LogP contribution < -0.4 is 5.32 Å². The number of ether oxygens (including phenoxy) is 1. The molecular formula is C12H14BrF2NO2. The summed E-state index contributed by atoms with van der Waals surface area (Å²) < 4.78 is 31.0. The van der Waals surface area contributed by atoms with Crippen LogP contribution >= 0.6 is 15.9 Å². The van der Waals surface area contributed by atoms with E-state index in [-0.39, 0.29) is 11.6 Å². The molecule has 1 N–H and O–H groups in total. The summed E-state index contributed by atoms with van der Waals surface area (Å²) in [5.74, 6) is -2.14. The number of hydrogen-bond acceptors (Lipinski definition) is 2. The second kappa shape index (κ2) is 7.43. The van der Waals surface area contributed by atoms with Gasteiger partial charge in [0.05, 0.1) is 5.56 Å². The summed E-state index contributed by atoms with van der Waals surface area (Å²) in [4.78, 5) is 11.8. The Hall–Kier alpha value is -1.01. The van der Waals surface area contributed by atoms with Gasteiger partial charge < -0.3 is 10.1 Å². The Morgan fingerprint density at radius 3 is 2.78 bits per heavy atom. The van der Waals surface area contributed by atoms with Gasteiger partial charge in [0.1, 0.15) is 11.6 Å². The lowest BCUT2D eigenvalue weighted by Gasteiger charge is -2.16. The van der Waals surface area contributed by atoms with Crippen LogP contribution in [-0.2, 0) is 4.74 Å². The van der Waals surface area contributed by atoms with Gasteiger partial charge in [0.2, 0.25) is 0 Å². The minimum Gasteiger partial charge on any atom is -0.385 e. The number of methoxy groups -OCH3 is 1. The fourth-order valence-electron chi connectivity index (χ4n) is 1.38. The quantitative estimate of drug-likeness (QED) is 0.817. The largest absolute Gasteiger partial charge is 0.385 e. The predicted molar refractivity (Wildman–Crippen MR) is 67.9 cm³/mol. The van der Waals surface area contributed by atoms with E-state index in [0.717, 1.165) is 12.1 Å². The topological polar surface area (TPSA) is 38.3 Å². The van der Waals surface area contributed by atoms with Crippen molar-refractivity contribution in [2.75, 3.05) is 19.0 Å².